The van der Waals surface area contributed by atoms with Gasteiger partial charge < -0.3 is 9.79 Å². The molecule has 25 heavy (non-hydrogen) atoms. The minimum Gasteiger partial charge on any atom is -0.359 e. The van der Waals surface area contributed by atoms with E-state index in [1.165, 1.54) is 11.3 Å². The molecule has 0 saturated heterocycles. The van der Waals surface area contributed by atoms with E-state index in [9.17, 15) is 13.4 Å². The van der Waals surface area contributed by atoms with Crippen LogP contribution in [0.15, 0.2) is 52.5 Å². The first-order valence-electron chi connectivity index (χ1n) is 7.79. The molecule has 0 radical (unpaired) electrons. The van der Waals surface area contributed by atoms with E-state index in [0.29, 0.717) is 29.9 Å². The second-order valence-corrected chi connectivity index (χ2v) is 6.39. The zero-order valence-electron chi connectivity index (χ0n) is 13.6. The van der Waals surface area contributed by atoms with Gasteiger partial charge in [0.05, 0.1) is 11.4 Å². The number of carbonyl (C=O) groups excluding carboxylic acids is 1. The van der Waals surface area contributed by atoms with E-state index in [1.807, 2.05) is 23.6 Å². The van der Waals surface area contributed by atoms with Gasteiger partial charge in [-0.3, -0.25) is 18.4 Å². The van der Waals surface area contributed by atoms with Crippen molar-refractivity contribution in [1.29, 1.82) is 0 Å². The maximum absolute atomic E-state index is 13.6. The van der Waals surface area contributed by atoms with Gasteiger partial charge in [-0.2, -0.15) is 0 Å². The number of rotatable bonds is 6. The summed E-state index contributed by atoms with van der Waals surface area (Å²) in [6, 6.07) is 7.02. The van der Waals surface area contributed by atoms with Crippen LogP contribution in [-0.4, -0.2) is 30.5 Å². The number of nitrogens with one attached hydrogen (secondary N) is 1. The maximum Gasteiger partial charge on any atom is 0.678 e. The van der Waals surface area contributed by atoms with Crippen LogP contribution in [0.4, 0.5) is 8.63 Å². The number of hydrogen-bond acceptors (Lipinski definition) is 3. The number of halogens is 2. The Morgan fingerprint density at radius 2 is 2.20 bits per heavy atom. The van der Waals surface area contributed by atoms with Gasteiger partial charge in [0.15, 0.2) is 0 Å². The first-order valence-corrected chi connectivity index (χ1v) is 8.67. The van der Waals surface area contributed by atoms with Crippen molar-refractivity contribution in [3.05, 3.63) is 53.2 Å². The van der Waals surface area contributed by atoms with Crippen molar-refractivity contribution in [3.63, 3.8) is 0 Å². The van der Waals surface area contributed by atoms with Crippen molar-refractivity contribution < 1.29 is 13.4 Å². The van der Waals surface area contributed by atoms with Gasteiger partial charge in [-0.25, -0.2) is 0 Å². The predicted octanol–water partition coefficient (Wildman–Crippen LogP) is 3.87. The molecule has 0 unspecified atom stereocenters. The van der Waals surface area contributed by atoms with Crippen LogP contribution in [0, 0.1) is 0 Å². The highest BCUT2D eigenvalue weighted by Gasteiger charge is 2.24. The summed E-state index contributed by atoms with van der Waals surface area (Å²) >= 11 is 1.42. The fourth-order valence-electron chi connectivity index (χ4n) is 2.58. The standard InChI is InChI=1S/C17H16BF2N3OS/c1-21-17(24)9-6-12-4-5-13(22-12)11-14-7-8-15(23(14)18(19)20)16-3-2-10-25-16/h2-5,7-8,10-11H,6,9H2,1H3,(H,21,24)/b13-11-. The molecule has 1 aliphatic rings. The normalized spacial score (nSPS) is 14.8. The molecule has 0 atom stereocenters. The van der Waals surface area contributed by atoms with Crippen LogP contribution < -0.4 is 5.32 Å². The first-order chi connectivity index (χ1) is 12.1. The molecule has 0 aromatic carbocycles. The molecule has 1 aliphatic heterocycles. The Morgan fingerprint density at radius 1 is 1.36 bits per heavy atom. The fraction of sp³-hybridized carbons (Fsp3) is 0.176. The van der Waals surface area contributed by atoms with Crippen LogP contribution in [0.3, 0.4) is 0 Å². The second-order valence-electron chi connectivity index (χ2n) is 5.45. The Hall–Kier alpha value is -2.48. The SMILES string of the molecule is CNC(=O)CCC1=N/C(=C\c2ccc(-c3cccs3)n2B(F)F)C=C1. The highest BCUT2D eigenvalue weighted by atomic mass is 32.1. The van der Waals surface area contributed by atoms with Crippen LogP contribution in [-0.2, 0) is 4.79 Å². The molecule has 128 valence electrons. The second kappa shape index (κ2) is 7.61. The van der Waals surface area contributed by atoms with Crippen molar-refractivity contribution in [2.24, 2.45) is 4.99 Å². The van der Waals surface area contributed by atoms with Gasteiger partial charge in [0.2, 0.25) is 5.91 Å². The molecule has 4 nitrogen and oxygen atoms in total. The highest BCUT2D eigenvalue weighted by molar-refractivity contribution is 7.13. The lowest BCUT2D eigenvalue weighted by molar-refractivity contribution is -0.120. The van der Waals surface area contributed by atoms with E-state index in [1.54, 1.807) is 31.3 Å². The van der Waals surface area contributed by atoms with Crippen molar-refractivity contribution in [2.75, 3.05) is 7.05 Å². The maximum atomic E-state index is 13.6. The molecule has 0 aliphatic carbocycles. The molecule has 3 heterocycles. The number of carbonyl (C=O) groups is 1. The Morgan fingerprint density at radius 3 is 2.88 bits per heavy atom. The van der Waals surface area contributed by atoms with E-state index >= 15 is 0 Å². The Bertz CT molecular complexity index is 853. The summed E-state index contributed by atoms with van der Waals surface area (Å²) < 4.78 is 28.1. The number of allylic oxidation sites excluding steroid dienone is 2. The summed E-state index contributed by atoms with van der Waals surface area (Å²) in [5, 5.41) is 4.42. The summed E-state index contributed by atoms with van der Waals surface area (Å²) in [6.07, 6.45) is 6.08. The third-order valence-corrected chi connectivity index (χ3v) is 4.71. The van der Waals surface area contributed by atoms with Crippen LogP contribution in [0.5, 0.6) is 0 Å². The number of amides is 1. The topological polar surface area (TPSA) is 46.4 Å². The molecular formula is C17H16BF2N3OS. The number of thiophene rings is 1. The molecule has 3 rings (SSSR count). The fourth-order valence-corrected chi connectivity index (χ4v) is 3.33. The van der Waals surface area contributed by atoms with Crippen molar-refractivity contribution in [2.45, 2.75) is 12.8 Å². The number of hydrogen-bond donors (Lipinski definition) is 1. The van der Waals surface area contributed by atoms with E-state index in [4.69, 9.17) is 0 Å². The summed E-state index contributed by atoms with van der Waals surface area (Å²) in [5.41, 5.74) is 2.25. The van der Waals surface area contributed by atoms with Gasteiger partial charge in [-0.05, 0) is 48.2 Å². The first kappa shape index (κ1) is 17.4. The summed E-state index contributed by atoms with van der Waals surface area (Å²) in [7, 11) is -1.05. The van der Waals surface area contributed by atoms with Crippen molar-refractivity contribution >= 4 is 36.4 Å². The van der Waals surface area contributed by atoms with Crippen LogP contribution >= 0.6 is 11.3 Å². The van der Waals surface area contributed by atoms with Gasteiger partial charge >= 0.3 is 7.40 Å². The largest absolute Gasteiger partial charge is 0.678 e. The Kier molecular flexibility index (Phi) is 5.28. The van der Waals surface area contributed by atoms with Gasteiger partial charge in [0.1, 0.15) is 0 Å². The van der Waals surface area contributed by atoms with Gasteiger partial charge in [0.25, 0.3) is 0 Å². The Labute approximate surface area is 148 Å². The monoisotopic (exact) mass is 359 g/mol. The van der Waals surface area contributed by atoms with E-state index in [0.717, 1.165) is 15.1 Å². The zero-order chi connectivity index (χ0) is 17.8. The molecule has 2 aromatic rings. The molecule has 8 heteroatoms. The summed E-state index contributed by atoms with van der Waals surface area (Å²) in [5.74, 6) is -0.0549. The van der Waals surface area contributed by atoms with Crippen LogP contribution in [0.1, 0.15) is 18.5 Å². The van der Waals surface area contributed by atoms with E-state index in [2.05, 4.69) is 10.3 Å². The van der Waals surface area contributed by atoms with Gasteiger partial charge in [-0.15, -0.1) is 11.3 Å². The quantitative estimate of drug-likeness (QED) is 0.782. The molecule has 1 N–H and O–H groups in total. The van der Waals surface area contributed by atoms with Crippen molar-refractivity contribution in [3.8, 4) is 10.6 Å². The smallest absolute Gasteiger partial charge is 0.359 e. The lowest BCUT2D eigenvalue weighted by atomic mass is 10.2. The molecule has 2 aromatic heterocycles. The highest BCUT2D eigenvalue weighted by Crippen LogP contribution is 2.29. The Balaban J connectivity index is 1.84. The third-order valence-electron chi connectivity index (χ3n) is 3.82. The minimum absolute atomic E-state index is 0.0549. The number of aromatic nitrogens is 1. The minimum atomic E-state index is -2.64. The lowest BCUT2D eigenvalue weighted by Gasteiger charge is -2.07. The number of aliphatic imine (C=N–C) groups is 1. The van der Waals surface area contributed by atoms with E-state index in [-0.39, 0.29) is 5.91 Å². The van der Waals surface area contributed by atoms with Gasteiger partial charge in [0, 0.05) is 29.8 Å². The average molecular weight is 359 g/mol. The average Bonchev–Trinajstić information content (AvgIpc) is 3.33. The predicted molar refractivity (Wildman–Crippen MR) is 99.0 cm³/mol. The molecule has 0 spiro atoms. The molecule has 0 saturated carbocycles. The van der Waals surface area contributed by atoms with Crippen molar-refractivity contribution in [1.82, 2.24) is 9.79 Å². The molecule has 0 bridgehead atoms. The number of nitrogens with zero attached hydrogens (tertiary/aromatic N) is 2. The van der Waals surface area contributed by atoms with E-state index < -0.39 is 7.40 Å². The summed E-state index contributed by atoms with van der Waals surface area (Å²) in [6.45, 7) is 0. The molecule has 1 amide bonds. The molecular weight excluding hydrogens is 343 g/mol. The van der Waals surface area contributed by atoms with Crippen LogP contribution in [0.2, 0.25) is 0 Å². The zero-order valence-corrected chi connectivity index (χ0v) is 14.4. The van der Waals surface area contributed by atoms with Crippen LogP contribution in [0.25, 0.3) is 16.6 Å². The lowest BCUT2D eigenvalue weighted by Crippen LogP contribution is -2.18. The summed E-state index contributed by atoms with van der Waals surface area (Å²) in [4.78, 5) is 16.5. The molecule has 0 fully saturated rings. The third kappa shape index (κ3) is 3.96. The van der Waals surface area contributed by atoms with Gasteiger partial charge in [-0.1, -0.05) is 6.07 Å².